The van der Waals surface area contributed by atoms with Gasteiger partial charge in [0.2, 0.25) is 0 Å². The van der Waals surface area contributed by atoms with E-state index in [0.717, 1.165) is 26.9 Å². The average Bonchev–Trinajstić information content (AvgIpc) is 3.07. The zero-order valence-corrected chi connectivity index (χ0v) is 15.1. The molecule has 126 valence electrons. The van der Waals surface area contributed by atoms with E-state index in [0.29, 0.717) is 17.4 Å². The van der Waals surface area contributed by atoms with Crippen LogP contribution in [0, 0.1) is 6.92 Å². The van der Waals surface area contributed by atoms with E-state index in [4.69, 9.17) is 16.3 Å². The van der Waals surface area contributed by atoms with Crippen molar-refractivity contribution in [2.75, 3.05) is 0 Å². The second-order valence-electron chi connectivity index (χ2n) is 5.73. The molecule has 1 N–H and O–H groups in total. The predicted octanol–water partition coefficient (Wildman–Crippen LogP) is 4.36. The number of hydrogen-bond donors (Lipinski definition) is 1. The number of thiophene rings is 1. The van der Waals surface area contributed by atoms with Gasteiger partial charge < -0.3 is 9.84 Å². The number of aryl methyl sites for hydroxylation is 2. The van der Waals surface area contributed by atoms with E-state index in [1.807, 2.05) is 31.6 Å². The molecular weight excluding hydrogens is 348 g/mol. The molecule has 0 amide bonds. The molecule has 3 rings (SSSR count). The maximum Gasteiger partial charge on any atom is 0.310 e. The smallest absolute Gasteiger partial charge is 0.310 e. The summed E-state index contributed by atoms with van der Waals surface area (Å²) in [6, 6.07) is 3.63. The molecule has 2 heterocycles. The van der Waals surface area contributed by atoms with Crippen molar-refractivity contribution in [1.82, 2.24) is 9.78 Å². The van der Waals surface area contributed by atoms with E-state index in [1.54, 1.807) is 17.7 Å². The SMILES string of the molecule is Cc1nn(C)cc1COc1cc(Cl)c2c(C(C)C(=O)O)csc2c1. The monoisotopic (exact) mass is 364 g/mol. The Bertz CT molecular complexity index is 916. The van der Waals surface area contributed by atoms with E-state index in [9.17, 15) is 9.90 Å². The molecule has 0 aliphatic carbocycles. The summed E-state index contributed by atoms with van der Waals surface area (Å²) in [6.07, 6.45) is 1.92. The van der Waals surface area contributed by atoms with Gasteiger partial charge in [-0.1, -0.05) is 11.6 Å². The molecule has 0 aliphatic rings. The third kappa shape index (κ3) is 3.12. The van der Waals surface area contributed by atoms with Crippen LogP contribution < -0.4 is 4.74 Å². The maximum absolute atomic E-state index is 11.2. The number of hydrogen-bond acceptors (Lipinski definition) is 4. The summed E-state index contributed by atoms with van der Waals surface area (Å²) >= 11 is 7.86. The fraction of sp³-hybridized carbons (Fsp3) is 0.294. The third-order valence-electron chi connectivity index (χ3n) is 3.98. The van der Waals surface area contributed by atoms with Crippen molar-refractivity contribution < 1.29 is 14.6 Å². The maximum atomic E-state index is 11.2. The van der Waals surface area contributed by atoms with Crippen LogP contribution in [0.3, 0.4) is 0 Å². The van der Waals surface area contributed by atoms with E-state index < -0.39 is 11.9 Å². The van der Waals surface area contributed by atoms with Crippen molar-refractivity contribution in [3.63, 3.8) is 0 Å². The summed E-state index contributed by atoms with van der Waals surface area (Å²) in [5.74, 6) is -0.800. The molecule has 0 saturated heterocycles. The molecule has 0 aliphatic heterocycles. The van der Waals surface area contributed by atoms with Gasteiger partial charge in [0.1, 0.15) is 12.4 Å². The van der Waals surface area contributed by atoms with Crippen LogP contribution >= 0.6 is 22.9 Å². The van der Waals surface area contributed by atoms with Gasteiger partial charge in [-0.3, -0.25) is 9.48 Å². The van der Waals surface area contributed by atoms with Gasteiger partial charge in [0.25, 0.3) is 0 Å². The van der Waals surface area contributed by atoms with Crippen molar-refractivity contribution >= 4 is 39.0 Å². The highest BCUT2D eigenvalue weighted by Crippen LogP contribution is 2.39. The third-order valence-corrected chi connectivity index (χ3v) is 5.22. The molecule has 2 aromatic heterocycles. The van der Waals surface area contributed by atoms with Gasteiger partial charge in [-0.05, 0) is 36.9 Å². The largest absolute Gasteiger partial charge is 0.489 e. The van der Waals surface area contributed by atoms with E-state index >= 15 is 0 Å². The molecule has 0 bridgehead atoms. The lowest BCUT2D eigenvalue weighted by Gasteiger charge is -2.09. The lowest BCUT2D eigenvalue weighted by Crippen LogP contribution is -2.06. The first-order valence-corrected chi connectivity index (χ1v) is 8.68. The molecule has 0 fully saturated rings. The Balaban J connectivity index is 1.89. The Morgan fingerprint density at radius 2 is 2.25 bits per heavy atom. The summed E-state index contributed by atoms with van der Waals surface area (Å²) in [5, 5.41) is 16.7. The van der Waals surface area contributed by atoms with Crippen LogP contribution in [0.5, 0.6) is 5.75 Å². The Morgan fingerprint density at radius 3 is 2.88 bits per heavy atom. The average molecular weight is 365 g/mol. The number of aromatic nitrogens is 2. The molecule has 1 atom stereocenters. The number of rotatable bonds is 5. The summed E-state index contributed by atoms with van der Waals surface area (Å²) in [5.41, 5.74) is 2.68. The molecule has 7 heteroatoms. The van der Waals surface area contributed by atoms with Gasteiger partial charge >= 0.3 is 5.97 Å². The first-order chi connectivity index (χ1) is 11.4. The topological polar surface area (TPSA) is 64.4 Å². The Kier molecular flexibility index (Phi) is 4.51. The number of nitrogens with zero attached hydrogens (tertiary/aromatic N) is 2. The second-order valence-corrected chi connectivity index (χ2v) is 7.05. The summed E-state index contributed by atoms with van der Waals surface area (Å²) in [7, 11) is 1.87. The minimum Gasteiger partial charge on any atom is -0.489 e. The van der Waals surface area contributed by atoms with E-state index in [2.05, 4.69) is 5.10 Å². The minimum absolute atomic E-state index is 0.408. The Morgan fingerprint density at radius 1 is 1.50 bits per heavy atom. The molecule has 0 saturated carbocycles. The van der Waals surface area contributed by atoms with Crippen molar-refractivity contribution in [3.05, 3.63) is 45.6 Å². The number of carboxylic acids is 1. The fourth-order valence-electron chi connectivity index (χ4n) is 2.60. The minimum atomic E-state index is -0.863. The number of halogens is 1. The molecule has 3 aromatic rings. The molecule has 0 spiro atoms. The van der Waals surface area contributed by atoms with Crippen LogP contribution in [-0.2, 0) is 18.4 Å². The Labute approximate surface area is 148 Å². The zero-order chi connectivity index (χ0) is 17.4. The highest BCUT2D eigenvalue weighted by Gasteiger charge is 2.20. The van der Waals surface area contributed by atoms with Gasteiger partial charge in [-0.2, -0.15) is 5.10 Å². The first-order valence-electron chi connectivity index (χ1n) is 7.42. The zero-order valence-electron chi connectivity index (χ0n) is 13.5. The van der Waals surface area contributed by atoms with Crippen LogP contribution in [0.1, 0.15) is 29.7 Å². The van der Waals surface area contributed by atoms with Crippen molar-refractivity contribution in [3.8, 4) is 5.75 Å². The van der Waals surface area contributed by atoms with Gasteiger partial charge in [0.05, 0.1) is 16.6 Å². The van der Waals surface area contributed by atoms with Crippen molar-refractivity contribution in [2.45, 2.75) is 26.4 Å². The first kappa shape index (κ1) is 16.8. The summed E-state index contributed by atoms with van der Waals surface area (Å²) in [6.45, 7) is 4.01. The molecule has 1 aromatic carbocycles. The molecule has 1 unspecified atom stereocenters. The number of carboxylic acid groups (broad SMARTS) is 1. The Hall–Kier alpha value is -2.05. The highest BCUT2D eigenvalue weighted by atomic mass is 35.5. The number of ether oxygens (including phenoxy) is 1. The van der Waals surface area contributed by atoms with E-state index in [1.165, 1.54) is 11.3 Å². The summed E-state index contributed by atoms with van der Waals surface area (Å²) in [4.78, 5) is 11.2. The van der Waals surface area contributed by atoms with Crippen molar-refractivity contribution in [1.29, 1.82) is 0 Å². The quantitative estimate of drug-likeness (QED) is 0.730. The van der Waals surface area contributed by atoms with E-state index in [-0.39, 0.29) is 0 Å². The van der Waals surface area contributed by atoms with Crippen LogP contribution in [0.15, 0.2) is 23.7 Å². The van der Waals surface area contributed by atoms with Gasteiger partial charge in [0.15, 0.2) is 0 Å². The molecule has 0 radical (unpaired) electrons. The lowest BCUT2D eigenvalue weighted by atomic mass is 10.0. The van der Waals surface area contributed by atoms with Crippen LogP contribution in [0.4, 0.5) is 0 Å². The summed E-state index contributed by atoms with van der Waals surface area (Å²) < 4.78 is 8.52. The van der Waals surface area contributed by atoms with Crippen LogP contribution in [0.2, 0.25) is 5.02 Å². The number of benzene rings is 1. The molecular formula is C17H17ClN2O3S. The number of aliphatic carboxylic acids is 1. The fourth-order valence-corrected chi connectivity index (χ4v) is 4.08. The number of fused-ring (bicyclic) bond motifs is 1. The number of carbonyl (C=O) groups is 1. The van der Waals surface area contributed by atoms with Gasteiger partial charge in [0, 0.05) is 28.9 Å². The second kappa shape index (κ2) is 6.45. The predicted molar refractivity (Wildman–Crippen MR) is 95.2 cm³/mol. The lowest BCUT2D eigenvalue weighted by molar-refractivity contribution is -0.138. The standard InChI is InChI=1S/C17H17ClN2O3S/c1-9(17(21)22)13-8-24-15-5-12(4-14(18)16(13)15)23-7-11-6-20(3)19-10(11)2/h4-6,8-9H,7H2,1-3H3,(H,21,22). The molecule has 24 heavy (non-hydrogen) atoms. The van der Waals surface area contributed by atoms with Gasteiger partial charge in [-0.15, -0.1) is 11.3 Å². The van der Waals surface area contributed by atoms with Gasteiger partial charge in [-0.25, -0.2) is 0 Å². The highest BCUT2D eigenvalue weighted by molar-refractivity contribution is 7.17. The van der Waals surface area contributed by atoms with Crippen LogP contribution in [0.25, 0.3) is 10.1 Å². The normalized spacial score (nSPS) is 12.5. The van der Waals surface area contributed by atoms with Crippen LogP contribution in [-0.4, -0.2) is 20.9 Å². The molecule has 5 nitrogen and oxygen atoms in total. The van der Waals surface area contributed by atoms with Crippen molar-refractivity contribution in [2.24, 2.45) is 7.05 Å².